The summed E-state index contributed by atoms with van der Waals surface area (Å²) in [6.45, 7) is 18.5. The molecule has 2 aliphatic rings. The van der Waals surface area contributed by atoms with Crippen molar-refractivity contribution in [2.75, 3.05) is 4.90 Å². The molecule has 0 aromatic heterocycles. The minimum absolute atomic E-state index is 0.0357. The van der Waals surface area contributed by atoms with Crippen molar-refractivity contribution in [3.63, 3.8) is 0 Å². The Kier molecular flexibility index (Phi) is 5.85. The van der Waals surface area contributed by atoms with Crippen molar-refractivity contribution in [3.8, 4) is 22.3 Å². The molecule has 0 N–H and O–H groups in total. The Bertz CT molecular complexity index is 2210. The van der Waals surface area contributed by atoms with Crippen LogP contribution in [-0.2, 0) is 10.8 Å². The Balaban J connectivity index is 1.45. The van der Waals surface area contributed by atoms with Crippen LogP contribution in [0.5, 0.6) is 0 Å². The van der Waals surface area contributed by atoms with Crippen LogP contribution in [0.15, 0.2) is 103 Å². The molecule has 0 aliphatic heterocycles. The van der Waals surface area contributed by atoms with Gasteiger partial charge in [-0.1, -0.05) is 106 Å². The van der Waals surface area contributed by atoms with Crippen molar-refractivity contribution in [3.05, 3.63) is 148 Å². The monoisotopic (exact) mass is 583 g/mol. The molecule has 6 aromatic rings. The molecule has 0 amide bonds. The van der Waals surface area contributed by atoms with E-state index < -0.39 is 0 Å². The zero-order valence-corrected chi connectivity index (χ0v) is 27.8. The number of hydrogen-bond acceptors (Lipinski definition) is 1. The Morgan fingerprint density at radius 1 is 0.422 bits per heavy atom. The molecule has 6 aromatic carbocycles. The van der Waals surface area contributed by atoms with Gasteiger partial charge in [-0.15, -0.1) is 0 Å². The molecule has 8 rings (SSSR count). The van der Waals surface area contributed by atoms with Gasteiger partial charge in [-0.3, -0.25) is 0 Å². The first-order chi connectivity index (χ1) is 21.5. The quantitative estimate of drug-likeness (QED) is 0.200. The smallest absolute Gasteiger partial charge is 0.0543 e. The normalized spacial score (nSPS) is 15.0. The van der Waals surface area contributed by atoms with Gasteiger partial charge in [0.05, 0.1) is 5.69 Å². The summed E-state index contributed by atoms with van der Waals surface area (Å²) in [7, 11) is 0. The first-order valence-electron chi connectivity index (χ1n) is 16.3. The molecular formula is C44H41N. The molecule has 1 nitrogen and oxygen atoms in total. The van der Waals surface area contributed by atoms with Crippen molar-refractivity contribution in [1.82, 2.24) is 0 Å². The summed E-state index contributed by atoms with van der Waals surface area (Å²) in [6.07, 6.45) is 0. The lowest BCUT2D eigenvalue weighted by molar-refractivity contribution is 0.652. The standard InChI is InChI=1S/C44H41N/c1-26-18-20-39(29(4)21-26)45(40-22-27(2)17-19-28(40)3)41-25-38-42(32-15-10-9-14-31(32)41)34-24-36-33(23-37(34)44(38,7)8)30-13-11-12-16-35(30)43(36,5)6/h9-25H,1-8H3. The number of rotatable bonds is 3. The third-order valence-corrected chi connectivity index (χ3v) is 10.8. The fraction of sp³-hybridized carbons (Fsp3) is 0.227. The van der Waals surface area contributed by atoms with Gasteiger partial charge in [-0.05, 0) is 125 Å². The third kappa shape index (κ3) is 3.86. The van der Waals surface area contributed by atoms with E-state index in [1.54, 1.807) is 0 Å². The Labute approximate surface area is 268 Å². The SMILES string of the molecule is Cc1ccc(N(c2cc(C)ccc2C)c2cc3c(c4ccccc24)-c2cc4c(cc2C3(C)C)-c2ccccc2C4(C)C)c(C)c1. The summed E-state index contributed by atoms with van der Waals surface area (Å²) in [5.41, 5.74) is 19.9. The van der Waals surface area contributed by atoms with E-state index in [1.165, 1.54) is 94.6 Å². The molecule has 0 radical (unpaired) electrons. The summed E-state index contributed by atoms with van der Waals surface area (Å²) in [5.74, 6) is 0. The van der Waals surface area contributed by atoms with Crippen molar-refractivity contribution < 1.29 is 0 Å². The highest BCUT2D eigenvalue weighted by Crippen LogP contribution is 2.59. The average Bonchev–Trinajstić information content (AvgIpc) is 3.38. The van der Waals surface area contributed by atoms with E-state index in [4.69, 9.17) is 0 Å². The lowest BCUT2D eigenvalue weighted by atomic mass is 9.79. The minimum Gasteiger partial charge on any atom is -0.309 e. The number of hydrogen-bond donors (Lipinski definition) is 0. The van der Waals surface area contributed by atoms with Gasteiger partial charge < -0.3 is 4.90 Å². The molecule has 0 saturated carbocycles. The molecule has 45 heavy (non-hydrogen) atoms. The number of benzene rings is 6. The summed E-state index contributed by atoms with van der Waals surface area (Å²) in [6, 6.07) is 39.4. The van der Waals surface area contributed by atoms with Gasteiger partial charge in [0.25, 0.3) is 0 Å². The molecule has 0 saturated heterocycles. The number of fused-ring (bicyclic) bond motifs is 8. The molecule has 0 fully saturated rings. The predicted octanol–water partition coefficient (Wildman–Crippen LogP) is 12.2. The number of aryl methyl sites for hydroxylation is 4. The number of nitrogens with zero attached hydrogens (tertiary/aromatic N) is 1. The molecule has 0 heterocycles. The van der Waals surface area contributed by atoms with E-state index in [2.05, 4.69) is 163 Å². The van der Waals surface area contributed by atoms with Crippen molar-refractivity contribution >= 4 is 27.8 Å². The molecule has 0 spiro atoms. The molecule has 1 heteroatoms. The van der Waals surface area contributed by atoms with Crippen LogP contribution in [-0.4, -0.2) is 0 Å². The summed E-state index contributed by atoms with van der Waals surface area (Å²) >= 11 is 0. The highest BCUT2D eigenvalue weighted by molar-refractivity contribution is 6.10. The molecule has 0 atom stereocenters. The van der Waals surface area contributed by atoms with E-state index >= 15 is 0 Å². The van der Waals surface area contributed by atoms with Crippen LogP contribution in [0.1, 0.15) is 72.2 Å². The average molecular weight is 584 g/mol. The van der Waals surface area contributed by atoms with Gasteiger partial charge in [0.15, 0.2) is 0 Å². The van der Waals surface area contributed by atoms with Gasteiger partial charge in [-0.25, -0.2) is 0 Å². The fourth-order valence-electron chi connectivity index (χ4n) is 8.35. The molecule has 2 aliphatic carbocycles. The van der Waals surface area contributed by atoms with Gasteiger partial charge in [0.1, 0.15) is 0 Å². The van der Waals surface area contributed by atoms with Crippen molar-refractivity contribution in [2.24, 2.45) is 0 Å². The second-order valence-corrected chi connectivity index (χ2v) is 14.5. The number of anilines is 3. The van der Waals surface area contributed by atoms with Gasteiger partial charge in [0, 0.05) is 27.6 Å². The second-order valence-electron chi connectivity index (χ2n) is 14.5. The summed E-state index contributed by atoms with van der Waals surface area (Å²) in [4.78, 5) is 2.53. The van der Waals surface area contributed by atoms with Gasteiger partial charge in [0.2, 0.25) is 0 Å². The first-order valence-corrected chi connectivity index (χ1v) is 16.3. The fourth-order valence-corrected chi connectivity index (χ4v) is 8.35. The highest BCUT2D eigenvalue weighted by atomic mass is 15.1. The van der Waals surface area contributed by atoms with E-state index in [9.17, 15) is 0 Å². The minimum atomic E-state index is -0.157. The van der Waals surface area contributed by atoms with Crippen LogP contribution in [0.2, 0.25) is 0 Å². The Morgan fingerprint density at radius 2 is 1.04 bits per heavy atom. The van der Waals surface area contributed by atoms with E-state index in [1.807, 2.05) is 0 Å². The maximum atomic E-state index is 2.54. The topological polar surface area (TPSA) is 3.24 Å². The van der Waals surface area contributed by atoms with Crippen molar-refractivity contribution in [1.29, 1.82) is 0 Å². The molecular weight excluding hydrogens is 542 g/mol. The van der Waals surface area contributed by atoms with Gasteiger partial charge >= 0.3 is 0 Å². The van der Waals surface area contributed by atoms with Crippen LogP contribution >= 0.6 is 0 Å². The molecule has 222 valence electrons. The van der Waals surface area contributed by atoms with Crippen molar-refractivity contribution in [2.45, 2.75) is 66.2 Å². The molecule has 0 bridgehead atoms. The van der Waals surface area contributed by atoms with Crippen LogP contribution < -0.4 is 4.90 Å². The largest absolute Gasteiger partial charge is 0.309 e. The lowest BCUT2D eigenvalue weighted by Crippen LogP contribution is -2.18. The van der Waals surface area contributed by atoms with Crippen LogP contribution in [0.25, 0.3) is 33.0 Å². The van der Waals surface area contributed by atoms with E-state index in [-0.39, 0.29) is 10.8 Å². The van der Waals surface area contributed by atoms with Crippen LogP contribution in [0, 0.1) is 27.7 Å². The van der Waals surface area contributed by atoms with Crippen LogP contribution in [0.4, 0.5) is 17.1 Å². The maximum Gasteiger partial charge on any atom is 0.0543 e. The summed E-state index contributed by atoms with van der Waals surface area (Å²) in [5, 5.41) is 2.61. The Morgan fingerprint density at radius 3 is 1.82 bits per heavy atom. The Hall–Kier alpha value is -4.62. The van der Waals surface area contributed by atoms with Gasteiger partial charge in [-0.2, -0.15) is 0 Å². The molecule has 0 unspecified atom stereocenters. The second kappa shape index (κ2) is 9.44. The lowest BCUT2D eigenvalue weighted by Gasteiger charge is -2.32. The zero-order valence-electron chi connectivity index (χ0n) is 27.8. The van der Waals surface area contributed by atoms with Crippen LogP contribution in [0.3, 0.4) is 0 Å². The highest BCUT2D eigenvalue weighted by Gasteiger charge is 2.42. The van der Waals surface area contributed by atoms with E-state index in [0.29, 0.717) is 0 Å². The predicted molar refractivity (Wildman–Crippen MR) is 193 cm³/mol. The maximum absolute atomic E-state index is 2.54. The zero-order chi connectivity index (χ0) is 31.4. The third-order valence-electron chi connectivity index (χ3n) is 10.8. The van der Waals surface area contributed by atoms with E-state index in [0.717, 1.165) is 0 Å². The first kappa shape index (κ1) is 27.9. The summed E-state index contributed by atoms with van der Waals surface area (Å²) < 4.78 is 0.